The van der Waals surface area contributed by atoms with Gasteiger partial charge in [0, 0.05) is 22.6 Å². The largest absolute Gasteiger partial charge is 0.378 e. The molecule has 1 heterocycles. The third kappa shape index (κ3) is 3.18. The molecule has 98 valence electrons. The number of carbonyl (C=O) groups is 1. The number of ether oxygens (including phenoxy) is 1. The third-order valence-corrected chi connectivity index (χ3v) is 4.02. The van der Waals surface area contributed by atoms with E-state index in [9.17, 15) is 4.79 Å². The van der Waals surface area contributed by atoms with E-state index in [1.807, 2.05) is 6.07 Å². The van der Waals surface area contributed by atoms with Crippen LogP contribution in [-0.2, 0) is 9.53 Å². The number of halogens is 3. The van der Waals surface area contributed by atoms with E-state index in [0.717, 1.165) is 4.47 Å². The number of alkyl halides is 1. The zero-order chi connectivity index (χ0) is 13.1. The SMILES string of the molecule is O=C(C(Cl)c1ccc(Br)cc1Cl)N1CCOCC1. The molecule has 0 saturated carbocycles. The molecule has 1 aliphatic rings. The first kappa shape index (κ1) is 14.1. The summed E-state index contributed by atoms with van der Waals surface area (Å²) in [6.07, 6.45) is 0. The van der Waals surface area contributed by atoms with Crippen LogP contribution in [0.3, 0.4) is 0 Å². The van der Waals surface area contributed by atoms with Crippen molar-refractivity contribution in [2.45, 2.75) is 5.38 Å². The molecule has 0 N–H and O–H groups in total. The molecule has 0 bridgehead atoms. The molecule has 0 radical (unpaired) electrons. The Bertz CT molecular complexity index is 450. The zero-order valence-corrected chi connectivity index (χ0v) is 12.6. The minimum absolute atomic E-state index is 0.121. The van der Waals surface area contributed by atoms with E-state index in [1.54, 1.807) is 17.0 Å². The van der Waals surface area contributed by atoms with Crippen LogP contribution in [0.4, 0.5) is 0 Å². The summed E-state index contributed by atoms with van der Waals surface area (Å²) in [6.45, 7) is 2.28. The minimum Gasteiger partial charge on any atom is -0.378 e. The summed E-state index contributed by atoms with van der Waals surface area (Å²) in [4.78, 5) is 13.9. The molecule has 1 unspecified atom stereocenters. The van der Waals surface area contributed by atoms with Crippen molar-refractivity contribution in [2.24, 2.45) is 0 Å². The summed E-state index contributed by atoms with van der Waals surface area (Å²) in [5.74, 6) is -0.121. The van der Waals surface area contributed by atoms with Gasteiger partial charge in [-0.3, -0.25) is 4.79 Å². The minimum atomic E-state index is -0.747. The molecule has 1 fully saturated rings. The van der Waals surface area contributed by atoms with Gasteiger partial charge in [0.15, 0.2) is 0 Å². The van der Waals surface area contributed by atoms with Crippen molar-refractivity contribution in [1.82, 2.24) is 4.90 Å². The van der Waals surface area contributed by atoms with Crippen LogP contribution in [-0.4, -0.2) is 37.1 Å². The summed E-state index contributed by atoms with van der Waals surface area (Å²) in [5, 5.41) is -0.255. The molecule has 1 saturated heterocycles. The van der Waals surface area contributed by atoms with E-state index in [1.165, 1.54) is 0 Å². The van der Waals surface area contributed by atoms with E-state index in [-0.39, 0.29) is 5.91 Å². The van der Waals surface area contributed by atoms with Crippen LogP contribution in [0.1, 0.15) is 10.9 Å². The van der Waals surface area contributed by atoms with Crippen LogP contribution in [0.2, 0.25) is 5.02 Å². The fourth-order valence-electron chi connectivity index (χ4n) is 1.78. The fraction of sp³-hybridized carbons (Fsp3) is 0.417. The van der Waals surface area contributed by atoms with Gasteiger partial charge in [-0.1, -0.05) is 33.6 Å². The molecular formula is C12H12BrCl2NO2. The highest BCUT2D eigenvalue weighted by atomic mass is 79.9. The van der Waals surface area contributed by atoms with Gasteiger partial charge in [0.25, 0.3) is 0 Å². The number of rotatable bonds is 2. The van der Waals surface area contributed by atoms with E-state index < -0.39 is 5.38 Å². The van der Waals surface area contributed by atoms with Gasteiger partial charge >= 0.3 is 0 Å². The Morgan fingerprint density at radius 2 is 2.06 bits per heavy atom. The number of morpholine rings is 1. The second-order valence-corrected chi connectivity index (χ2v) is 5.73. The predicted octanol–water partition coefficient (Wildman–Crippen LogP) is 3.24. The average molecular weight is 353 g/mol. The summed E-state index contributed by atoms with van der Waals surface area (Å²) < 4.78 is 6.07. The van der Waals surface area contributed by atoms with Gasteiger partial charge in [0.2, 0.25) is 5.91 Å². The Morgan fingerprint density at radius 3 is 2.67 bits per heavy atom. The quantitative estimate of drug-likeness (QED) is 0.764. The molecule has 3 nitrogen and oxygen atoms in total. The van der Waals surface area contributed by atoms with Crippen LogP contribution in [0.25, 0.3) is 0 Å². The van der Waals surface area contributed by atoms with Crippen molar-refractivity contribution in [2.75, 3.05) is 26.3 Å². The summed E-state index contributed by atoms with van der Waals surface area (Å²) in [5.41, 5.74) is 0.637. The van der Waals surface area contributed by atoms with Crippen molar-refractivity contribution in [3.63, 3.8) is 0 Å². The molecule has 18 heavy (non-hydrogen) atoms. The lowest BCUT2D eigenvalue weighted by Gasteiger charge is -2.28. The van der Waals surface area contributed by atoms with E-state index >= 15 is 0 Å². The van der Waals surface area contributed by atoms with Gasteiger partial charge in [-0.15, -0.1) is 11.6 Å². The fourth-order valence-corrected chi connectivity index (χ4v) is 2.95. The highest BCUT2D eigenvalue weighted by molar-refractivity contribution is 9.10. The van der Waals surface area contributed by atoms with E-state index in [0.29, 0.717) is 36.9 Å². The Morgan fingerprint density at radius 1 is 1.39 bits per heavy atom. The van der Waals surface area contributed by atoms with Gasteiger partial charge in [-0.05, 0) is 17.7 Å². The molecule has 0 aromatic heterocycles. The molecule has 0 aliphatic carbocycles. The zero-order valence-electron chi connectivity index (χ0n) is 9.54. The van der Waals surface area contributed by atoms with Crippen molar-refractivity contribution in [3.05, 3.63) is 33.3 Å². The van der Waals surface area contributed by atoms with Gasteiger partial charge in [-0.25, -0.2) is 0 Å². The predicted molar refractivity (Wildman–Crippen MR) is 75.1 cm³/mol. The Balaban J connectivity index is 2.14. The van der Waals surface area contributed by atoms with Gasteiger partial charge < -0.3 is 9.64 Å². The van der Waals surface area contributed by atoms with Crippen molar-refractivity contribution in [1.29, 1.82) is 0 Å². The Hall–Kier alpha value is -0.290. The van der Waals surface area contributed by atoms with Crippen LogP contribution >= 0.6 is 39.1 Å². The lowest BCUT2D eigenvalue weighted by Crippen LogP contribution is -2.42. The first-order valence-corrected chi connectivity index (χ1v) is 7.16. The normalized spacial score (nSPS) is 17.6. The van der Waals surface area contributed by atoms with E-state index in [4.69, 9.17) is 27.9 Å². The van der Waals surface area contributed by atoms with Crippen molar-refractivity contribution >= 4 is 45.0 Å². The second kappa shape index (κ2) is 6.24. The summed E-state index contributed by atoms with van der Waals surface area (Å²) in [6, 6.07) is 5.32. The Labute approximate surface area is 124 Å². The molecule has 1 atom stereocenters. The molecule has 1 amide bonds. The van der Waals surface area contributed by atoms with Crippen LogP contribution in [0, 0.1) is 0 Å². The van der Waals surface area contributed by atoms with Gasteiger partial charge in [-0.2, -0.15) is 0 Å². The molecule has 0 spiro atoms. The van der Waals surface area contributed by atoms with Crippen LogP contribution in [0.15, 0.2) is 22.7 Å². The smallest absolute Gasteiger partial charge is 0.245 e. The number of hydrogen-bond donors (Lipinski definition) is 0. The molecule has 1 aromatic rings. The maximum absolute atomic E-state index is 12.2. The molecular weight excluding hydrogens is 341 g/mol. The number of amides is 1. The van der Waals surface area contributed by atoms with Gasteiger partial charge in [0.1, 0.15) is 5.38 Å². The summed E-state index contributed by atoms with van der Waals surface area (Å²) in [7, 11) is 0. The summed E-state index contributed by atoms with van der Waals surface area (Å²) >= 11 is 15.6. The van der Waals surface area contributed by atoms with Crippen LogP contribution in [0.5, 0.6) is 0 Å². The molecule has 6 heteroatoms. The highest BCUT2D eigenvalue weighted by Crippen LogP contribution is 2.31. The highest BCUT2D eigenvalue weighted by Gasteiger charge is 2.26. The van der Waals surface area contributed by atoms with Crippen molar-refractivity contribution < 1.29 is 9.53 Å². The second-order valence-electron chi connectivity index (χ2n) is 3.97. The maximum atomic E-state index is 12.2. The average Bonchev–Trinajstić information content (AvgIpc) is 2.38. The first-order chi connectivity index (χ1) is 8.59. The molecule has 2 rings (SSSR count). The monoisotopic (exact) mass is 351 g/mol. The third-order valence-electron chi connectivity index (χ3n) is 2.78. The Kier molecular flexibility index (Phi) is 4.90. The lowest BCUT2D eigenvalue weighted by atomic mass is 10.1. The van der Waals surface area contributed by atoms with Crippen LogP contribution < -0.4 is 0 Å². The topological polar surface area (TPSA) is 29.5 Å². The number of hydrogen-bond acceptors (Lipinski definition) is 2. The van der Waals surface area contributed by atoms with E-state index in [2.05, 4.69) is 15.9 Å². The number of nitrogens with zero attached hydrogens (tertiary/aromatic N) is 1. The molecule has 1 aliphatic heterocycles. The maximum Gasteiger partial charge on any atom is 0.245 e. The molecule has 1 aromatic carbocycles. The number of benzene rings is 1. The lowest BCUT2D eigenvalue weighted by molar-refractivity contribution is -0.134. The number of carbonyl (C=O) groups excluding carboxylic acids is 1. The standard InChI is InChI=1S/C12H12BrCl2NO2/c13-8-1-2-9(10(14)7-8)11(15)12(17)16-3-5-18-6-4-16/h1-2,7,11H,3-6H2. The van der Waals surface area contributed by atoms with Crippen molar-refractivity contribution in [3.8, 4) is 0 Å². The van der Waals surface area contributed by atoms with Gasteiger partial charge in [0.05, 0.1) is 13.2 Å². The first-order valence-electron chi connectivity index (χ1n) is 5.55.